The van der Waals surface area contributed by atoms with Crippen molar-refractivity contribution in [2.75, 3.05) is 32.9 Å². The van der Waals surface area contributed by atoms with Crippen molar-refractivity contribution in [1.82, 2.24) is 19.8 Å². The van der Waals surface area contributed by atoms with E-state index in [0.717, 1.165) is 23.8 Å². The summed E-state index contributed by atoms with van der Waals surface area (Å²) in [5.74, 6) is 0.428. The number of rotatable bonds is 8. The van der Waals surface area contributed by atoms with E-state index in [1.807, 2.05) is 24.9 Å². The van der Waals surface area contributed by atoms with Crippen LogP contribution in [0.25, 0.3) is 5.69 Å². The van der Waals surface area contributed by atoms with Gasteiger partial charge in [0.1, 0.15) is 0 Å². The number of imidazole rings is 1. The van der Waals surface area contributed by atoms with Gasteiger partial charge in [-0.2, -0.15) is 0 Å². The van der Waals surface area contributed by atoms with Crippen molar-refractivity contribution in [3.63, 3.8) is 0 Å². The smallest absolute Gasteiger partial charge is 0.230 e. The molecule has 5 nitrogen and oxygen atoms in total. The Morgan fingerprint density at radius 2 is 1.96 bits per heavy atom. The molecule has 1 amide bonds. The van der Waals surface area contributed by atoms with Gasteiger partial charge in [0.05, 0.1) is 5.75 Å². The van der Waals surface area contributed by atoms with Crippen LogP contribution in [-0.4, -0.2) is 53.3 Å². The second kappa shape index (κ2) is 8.89. The zero-order valence-electron chi connectivity index (χ0n) is 14.9. The lowest BCUT2D eigenvalue weighted by Crippen LogP contribution is -2.28. The van der Waals surface area contributed by atoms with E-state index >= 15 is 0 Å². The number of aryl methyl sites for hydroxylation is 2. The van der Waals surface area contributed by atoms with Crippen LogP contribution in [0.4, 0.5) is 0 Å². The number of carbonyl (C=O) groups excluding carboxylic acids is 1. The lowest BCUT2D eigenvalue weighted by atomic mass is 10.1. The van der Waals surface area contributed by atoms with Crippen molar-refractivity contribution in [3.05, 3.63) is 41.7 Å². The monoisotopic (exact) mass is 346 g/mol. The van der Waals surface area contributed by atoms with Crippen LogP contribution in [0.3, 0.4) is 0 Å². The first kappa shape index (κ1) is 18.5. The van der Waals surface area contributed by atoms with E-state index in [1.54, 1.807) is 6.20 Å². The summed E-state index contributed by atoms with van der Waals surface area (Å²) in [5.41, 5.74) is 3.51. The number of carbonyl (C=O) groups is 1. The van der Waals surface area contributed by atoms with Gasteiger partial charge in [-0.3, -0.25) is 9.36 Å². The quantitative estimate of drug-likeness (QED) is 0.590. The highest BCUT2D eigenvalue weighted by Crippen LogP contribution is 2.22. The van der Waals surface area contributed by atoms with Crippen molar-refractivity contribution >= 4 is 17.7 Å². The van der Waals surface area contributed by atoms with Gasteiger partial charge in [-0.15, -0.1) is 0 Å². The van der Waals surface area contributed by atoms with Crippen molar-refractivity contribution in [2.24, 2.45) is 0 Å². The first-order valence-electron chi connectivity index (χ1n) is 8.12. The van der Waals surface area contributed by atoms with Crippen LogP contribution in [0.2, 0.25) is 0 Å². The van der Waals surface area contributed by atoms with Crippen molar-refractivity contribution in [3.8, 4) is 5.69 Å². The van der Waals surface area contributed by atoms with E-state index in [9.17, 15) is 4.79 Å². The highest BCUT2D eigenvalue weighted by atomic mass is 32.2. The van der Waals surface area contributed by atoms with Crippen molar-refractivity contribution in [1.29, 1.82) is 0 Å². The molecule has 1 aromatic heterocycles. The first-order valence-corrected chi connectivity index (χ1v) is 9.10. The molecule has 2 rings (SSSR count). The number of aromatic nitrogens is 2. The predicted molar refractivity (Wildman–Crippen MR) is 99.9 cm³/mol. The number of amides is 1. The summed E-state index contributed by atoms with van der Waals surface area (Å²) in [7, 11) is 4.06. The van der Waals surface area contributed by atoms with Crippen molar-refractivity contribution in [2.45, 2.75) is 25.4 Å². The van der Waals surface area contributed by atoms with E-state index < -0.39 is 0 Å². The van der Waals surface area contributed by atoms with E-state index in [4.69, 9.17) is 0 Å². The minimum atomic E-state index is 0.0497. The second-order valence-electron chi connectivity index (χ2n) is 6.22. The van der Waals surface area contributed by atoms with Gasteiger partial charge in [0.25, 0.3) is 0 Å². The Hall–Kier alpha value is -1.79. The Morgan fingerprint density at radius 3 is 2.62 bits per heavy atom. The van der Waals surface area contributed by atoms with E-state index in [1.165, 1.54) is 22.9 Å². The molecule has 24 heavy (non-hydrogen) atoms. The lowest BCUT2D eigenvalue weighted by Gasteiger charge is -2.11. The predicted octanol–water partition coefficient (Wildman–Crippen LogP) is 2.65. The molecule has 0 fully saturated rings. The second-order valence-corrected chi connectivity index (χ2v) is 7.16. The zero-order chi connectivity index (χ0) is 17.5. The largest absolute Gasteiger partial charge is 0.355 e. The fourth-order valence-corrected chi connectivity index (χ4v) is 3.29. The first-order chi connectivity index (χ1) is 11.5. The van der Waals surface area contributed by atoms with Gasteiger partial charge in [0.15, 0.2) is 5.16 Å². The summed E-state index contributed by atoms with van der Waals surface area (Å²) in [4.78, 5) is 18.5. The van der Waals surface area contributed by atoms with Gasteiger partial charge in [0, 0.05) is 24.6 Å². The molecule has 2 aromatic rings. The molecular formula is C18H26N4OS. The van der Waals surface area contributed by atoms with Crippen LogP contribution in [-0.2, 0) is 4.79 Å². The van der Waals surface area contributed by atoms with Crippen LogP contribution in [0.15, 0.2) is 35.7 Å². The Labute approximate surface area is 148 Å². The number of nitrogens with zero attached hydrogens (tertiary/aromatic N) is 3. The maximum absolute atomic E-state index is 12.0. The average Bonchev–Trinajstić information content (AvgIpc) is 2.97. The molecule has 1 aromatic carbocycles. The van der Waals surface area contributed by atoms with E-state index in [0.29, 0.717) is 12.3 Å². The van der Waals surface area contributed by atoms with Crippen molar-refractivity contribution < 1.29 is 4.79 Å². The minimum absolute atomic E-state index is 0.0497. The van der Waals surface area contributed by atoms with Gasteiger partial charge in [-0.05, 0) is 64.2 Å². The molecule has 0 aliphatic carbocycles. The summed E-state index contributed by atoms with van der Waals surface area (Å²) in [6, 6.07) is 6.40. The number of hydrogen-bond donors (Lipinski definition) is 1. The van der Waals surface area contributed by atoms with Crippen LogP contribution < -0.4 is 5.32 Å². The molecule has 1 heterocycles. The Bertz CT molecular complexity index is 661. The Kier molecular flexibility index (Phi) is 6.87. The molecule has 0 aliphatic rings. The third-order valence-corrected chi connectivity index (χ3v) is 4.49. The Morgan fingerprint density at radius 1 is 1.25 bits per heavy atom. The summed E-state index contributed by atoms with van der Waals surface area (Å²) >= 11 is 1.46. The van der Waals surface area contributed by atoms with Gasteiger partial charge < -0.3 is 10.2 Å². The van der Waals surface area contributed by atoms with Gasteiger partial charge in [-0.25, -0.2) is 4.98 Å². The summed E-state index contributed by atoms with van der Waals surface area (Å²) in [6.07, 6.45) is 4.67. The van der Waals surface area contributed by atoms with Crippen LogP contribution >= 0.6 is 11.8 Å². The molecule has 0 bridgehead atoms. The van der Waals surface area contributed by atoms with E-state index in [-0.39, 0.29) is 5.91 Å². The molecule has 1 N–H and O–H groups in total. The molecule has 0 atom stereocenters. The maximum atomic E-state index is 12.0. The molecule has 6 heteroatoms. The van der Waals surface area contributed by atoms with E-state index in [2.05, 4.69) is 47.2 Å². The van der Waals surface area contributed by atoms with Crippen LogP contribution in [0.1, 0.15) is 17.5 Å². The highest BCUT2D eigenvalue weighted by Gasteiger charge is 2.09. The van der Waals surface area contributed by atoms with Gasteiger partial charge in [-0.1, -0.05) is 17.8 Å². The third-order valence-electron chi connectivity index (χ3n) is 3.53. The molecule has 0 aliphatic heterocycles. The third kappa shape index (κ3) is 5.69. The number of nitrogens with one attached hydrogen (secondary N) is 1. The normalized spacial score (nSPS) is 11.0. The molecule has 0 unspecified atom stereocenters. The molecule has 0 radical (unpaired) electrons. The number of benzene rings is 1. The molecular weight excluding hydrogens is 320 g/mol. The molecule has 130 valence electrons. The number of thioether (sulfide) groups is 1. The van der Waals surface area contributed by atoms with Gasteiger partial charge >= 0.3 is 0 Å². The Balaban J connectivity index is 1.90. The maximum Gasteiger partial charge on any atom is 0.230 e. The average molecular weight is 347 g/mol. The SMILES string of the molecule is Cc1cc(C)cc(-n2ccnc2SCC(=O)NCCCN(C)C)c1. The summed E-state index contributed by atoms with van der Waals surface area (Å²) in [6.45, 7) is 5.86. The molecule has 0 saturated carbocycles. The molecule has 0 saturated heterocycles. The fraction of sp³-hybridized carbons (Fsp3) is 0.444. The summed E-state index contributed by atoms with van der Waals surface area (Å²) < 4.78 is 2.03. The summed E-state index contributed by atoms with van der Waals surface area (Å²) in [5, 5.41) is 3.79. The topological polar surface area (TPSA) is 50.2 Å². The van der Waals surface area contributed by atoms with Crippen LogP contribution in [0, 0.1) is 13.8 Å². The number of hydrogen-bond acceptors (Lipinski definition) is 4. The standard InChI is InChI=1S/C18H26N4OS/c1-14-10-15(2)12-16(11-14)22-9-7-20-18(22)24-13-17(23)19-6-5-8-21(3)4/h7,9-12H,5-6,8,13H2,1-4H3,(H,19,23). The zero-order valence-corrected chi connectivity index (χ0v) is 15.7. The fourth-order valence-electron chi connectivity index (χ4n) is 2.49. The van der Waals surface area contributed by atoms with Gasteiger partial charge in [0.2, 0.25) is 5.91 Å². The minimum Gasteiger partial charge on any atom is -0.355 e. The highest BCUT2D eigenvalue weighted by molar-refractivity contribution is 7.99. The lowest BCUT2D eigenvalue weighted by molar-refractivity contribution is -0.118. The van der Waals surface area contributed by atoms with Crippen LogP contribution in [0.5, 0.6) is 0 Å². The molecule has 0 spiro atoms.